The summed E-state index contributed by atoms with van der Waals surface area (Å²) in [4.78, 5) is 16.1. The zero-order chi connectivity index (χ0) is 19.3. The Bertz CT molecular complexity index is 1040. The third-order valence-corrected chi connectivity index (χ3v) is 5.41. The van der Waals surface area contributed by atoms with Crippen molar-refractivity contribution < 1.29 is 4.79 Å². The highest BCUT2D eigenvalue weighted by Gasteiger charge is 2.21. The number of nitrogens with zero attached hydrogens (tertiary/aromatic N) is 3. The molecule has 4 nitrogen and oxygen atoms in total. The van der Waals surface area contributed by atoms with Gasteiger partial charge in [0.1, 0.15) is 5.69 Å². The minimum absolute atomic E-state index is 0.0217. The maximum Gasteiger partial charge on any atom is 0.257 e. The van der Waals surface area contributed by atoms with E-state index in [1.165, 1.54) is 0 Å². The Balaban J connectivity index is 1.66. The highest BCUT2D eigenvalue weighted by Crippen LogP contribution is 2.24. The van der Waals surface area contributed by atoms with Crippen LogP contribution in [0.1, 0.15) is 20.8 Å². The molecule has 2 heterocycles. The van der Waals surface area contributed by atoms with Crippen molar-refractivity contribution in [2.45, 2.75) is 13.1 Å². The molecule has 0 saturated carbocycles. The van der Waals surface area contributed by atoms with Crippen molar-refractivity contribution in [2.75, 3.05) is 7.05 Å². The fourth-order valence-electron chi connectivity index (χ4n) is 3.15. The van der Waals surface area contributed by atoms with E-state index in [1.54, 1.807) is 16.2 Å². The van der Waals surface area contributed by atoms with Gasteiger partial charge in [-0.05, 0) is 17.0 Å². The Morgan fingerprint density at radius 1 is 1.00 bits per heavy atom. The van der Waals surface area contributed by atoms with Gasteiger partial charge in [-0.3, -0.25) is 9.48 Å². The molecule has 140 valence electrons. The molecule has 0 aliphatic carbocycles. The minimum atomic E-state index is -0.0217. The van der Waals surface area contributed by atoms with Crippen LogP contribution < -0.4 is 0 Å². The van der Waals surface area contributed by atoms with Gasteiger partial charge in [-0.2, -0.15) is 5.10 Å². The summed E-state index contributed by atoms with van der Waals surface area (Å²) in [7, 11) is 1.84. The van der Waals surface area contributed by atoms with Crippen molar-refractivity contribution in [1.29, 1.82) is 0 Å². The molecule has 2 aromatic heterocycles. The Hall–Kier alpha value is -3.18. The van der Waals surface area contributed by atoms with Crippen molar-refractivity contribution >= 4 is 17.2 Å². The van der Waals surface area contributed by atoms with Crippen LogP contribution in [0, 0.1) is 0 Å². The fraction of sp³-hybridized carbons (Fsp3) is 0.130. The van der Waals surface area contributed by atoms with Gasteiger partial charge in [0, 0.05) is 23.7 Å². The number of hydrogen-bond donors (Lipinski definition) is 0. The lowest BCUT2D eigenvalue weighted by molar-refractivity contribution is 0.0787. The first-order valence-electron chi connectivity index (χ1n) is 9.15. The Morgan fingerprint density at radius 3 is 2.39 bits per heavy atom. The van der Waals surface area contributed by atoms with Crippen molar-refractivity contribution in [3.63, 3.8) is 0 Å². The third-order valence-electron chi connectivity index (χ3n) is 4.55. The summed E-state index contributed by atoms with van der Waals surface area (Å²) >= 11 is 1.66. The average molecular weight is 388 g/mol. The van der Waals surface area contributed by atoms with Crippen molar-refractivity contribution in [3.8, 4) is 11.3 Å². The van der Waals surface area contributed by atoms with Crippen LogP contribution in [0.4, 0.5) is 0 Å². The van der Waals surface area contributed by atoms with E-state index in [9.17, 15) is 4.79 Å². The van der Waals surface area contributed by atoms with Crippen LogP contribution in [0.15, 0.2) is 84.4 Å². The van der Waals surface area contributed by atoms with E-state index in [4.69, 9.17) is 5.10 Å². The van der Waals surface area contributed by atoms with Crippen LogP contribution >= 0.6 is 11.3 Å². The van der Waals surface area contributed by atoms with Crippen LogP contribution in [-0.4, -0.2) is 27.6 Å². The van der Waals surface area contributed by atoms with E-state index in [1.807, 2.05) is 84.0 Å². The predicted molar refractivity (Wildman–Crippen MR) is 113 cm³/mol. The molecule has 4 rings (SSSR count). The van der Waals surface area contributed by atoms with Crippen molar-refractivity contribution in [1.82, 2.24) is 14.7 Å². The number of hydrogen-bond acceptors (Lipinski definition) is 3. The van der Waals surface area contributed by atoms with E-state index < -0.39 is 0 Å². The molecule has 0 radical (unpaired) electrons. The van der Waals surface area contributed by atoms with Crippen molar-refractivity contribution in [2.24, 2.45) is 0 Å². The van der Waals surface area contributed by atoms with Gasteiger partial charge in [0.2, 0.25) is 0 Å². The van der Waals surface area contributed by atoms with Crippen LogP contribution in [0.25, 0.3) is 11.3 Å². The summed E-state index contributed by atoms with van der Waals surface area (Å²) < 4.78 is 1.85. The number of amides is 1. The first-order chi connectivity index (χ1) is 13.7. The lowest BCUT2D eigenvalue weighted by Gasteiger charge is -2.16. The summed E-state index contributed by atoms with van der Waals surface area (Å²) in [5.41, 5.74) is 3.44. The summed E-state index contributed by atoms with van der Waals surface area (Å²) in [5.74, 6) is -0.0217. The molecule has 0 saturated heterocycles. The SMILES string of the molecule is CN(Cc1cccs1)C(=O)c1cn(Cc2ccccc2)nc1-c1ccccc1. The summed E-state index contributed by atoms with van der Waals surface area (Å²) in [6.45, 7) is 1.22. The number of carbonyl (C=O) groups excluding carboxylic acids is 1. The molecular formula is C23H21N3OS. The normalized spacial score (nSPS) is 10.8. The van der Waals surface area contributed by atoms with Crippen molar-refractivity contribution in [3.05, 3.63) is 100 Å². The maximum absolute atomic E-state index is 13.2. The van der Waals surface area contributed by atoms with Crippen LogP contribution in [0.3, 0.4) is 0 Å². The second-order valence-electron chi connectivity index (χ2n) is 6.68. The molecule has 0 atom stereocenters. The Labute approximate surface area is 168 Å². The molecule has 28 heavy (non-hydrogen) atoms. The summed E-state index contributed by atoms with van der Waals surface area (Å²) in [5, 5.41) is 6.78. The monoisotopic (exact) mass is 387 g/mol. The highest BCUT2D eigenvalue weighted by atomic mass is 32.1. The third kappa shape index (κ3) is 4.05. The molecule has 2 aromatic carbocycles. The Morgan fingerprint density at radius 2 is 1.71 bits per heavy atom. The predicted octanol–water partition coefficient (Wildman–Crippen LogP) is 4.93. The average Bonchev–Trinajstić information content (AvgIpc) is 3.39. The van der Waals surface area contributed by atoms with Crippen LogP contribution in [-0.2, 0) is 13.1 Å². The zero-order valence-corrected chi connectivity index (χ0v) is 16.5. The quantitative estimate of drug-likeness (QED) is 0.470. The largest absolute Gasteiger partial charge is 0.336 e. The summed E-state index contributed by atoms with van der Waals surface area (Å²) in [6, 6.07) is 24.1. The van der Waals surface area contributed by atoms with Gasteiger partial charge in [-0.15, -0.1) is 11.3 Å². The lowest BCUT2D eigenvalue weighted by atomic mass is 10.1. The first-order valence-corrected chi connectivity index (χ1v) is 10.0. The van der Waals surface area contributed by atoms with Crippen LogP contribution in [0.2, 0.25) is 0 Å². The molecule has 5 heteroatoms. The molecule has 0 N–H and O–H groups in total. The second kappa shape index (κ2) is 8.23. The molecule has 0 aliphatic rings. The van der Waals surface area contributed by atoms with Gasteiger partial charge in [-0.25, -0.2) is 0 Å². The van der Waals surface area contributed by atoms with Gasteiger partial charge >= 0.3 is 0 Å². The molecule has 0 fully saturated rings. The number of benzene rings is 2. The van der Waals surface area contributed by atoms with Gasteiger partial charge in [0.25, 0.3) is 5.91 Å². The highest BCUT2D eigenvalue weighted by molar-refractivity contribution is 7.09. The van der Waals surface area contributed by atoms with E-state index in [0.29, 0.717) is 18.7 Å². The molecule has 0 bridgehead atoms. The molecule has 0 spiro atoms. The van der Waals surface area contributed by atoms with E-state index in [-0.39, 0.29) is 5.91 Å². The molecular weight excluding hydrogens is 366 g/mol. The van der Waals surface area contributed by atoms with Gasteiger partial charge in [0.15, 0.2) is 0 Å². The Kier molecular flexibility index (Phi) is 5.35. The molecule has 0 unspecified atom stereocenters. The van der Waals surface area contributed by atoms with E-state index >= 15 is 0 Å². The zero-order valence-electron chi connectivity index (χ0n) is 15.7. The number of aromatic nitrogens is 2. The van der Waals surface area contributed by atoms with Crippen LogP contribution in [0.5, 0.6) is 0 Å². The number of rotatable bonds is 6. The fourth-order valence-corrected chi connectivity index (χ4v) is 3.91. The maximum atomic E-state index is 13.2. The smallest absolute Gasteiger partial charge is 0.257 e. The molecule has 4 aromatic rings. The molecule has 1 amide bonds. The number of carbonyl (C=O) groups is 1. The van der Waals surface area contributed by atoms with E-state index in [2.05, 4.69) is 12.1 Å². The summed E-state index contributed by atoms with van der Waals surface area (Å²) in [6.07, 6.45) is 1.86. The second-order valence-corrected chi connectivity index (χ2v) is 7.71. The van der Waals surface area contributed by atoms with Gasteiger partial charge in [0.05, 0.1) is 18.7 Å². The number of thiophene rings is 1. The topological polar surface area (TPSA) is 38.1 Å². The van der Waals surface area contributed by atoms with E-state index in [0.717, 1.165) is 21.7 Å². The minimum Gasteiger partial charge on any atom is -0.336 e. The molecule has 0 aliphatic heterocycles. The van der Waals surface area contributed by atoms with Gasteiger partial charge < -0.3 is 4.90 Å². The standard InChI is InChI=1S/C23H21N3OS/c1-25(16-20-13-8-14-28-20)23(27)21-17-26(15-18-9-4-2-5-10-18)24-22(21)19-11-6-3-7-12-19/h2-14,17H,15-16H2,1H3. The first kappa shape index (κ1) is 18.2. The lowest BCUT2D eigenvalue weighted by Crippen LogP contribution is -2.26. The van der Waals surface area contributed by atoms with Gasteiger partial charge in [-0.1, -0.05) is 66.7 Å².